The quantitative estimate of drug-likeness (QED) is 0.611. The van der Waals surface area contributed by atoms with Crippen molar-refractivity contribution in [3.63, 3.8) is 0 Å². The number of hydrogen-bond donors (Lipinski definition) is 2. The van der Waals surface area contributed by atoms with Gasteiger partial charge in [0.05, 0.1) is 4.92 Å². The molecule has 1 fully saturated rings. The van der Waals surface area contributed by atoms with E-state index in [9.17, 15) is 18.9 Å². The fraction of sp³-hybridized carbons (Fsp3) is 0.500. The molecule has 0 atom stereocenters. The topological polar surface area (TPSA) is 75.4 Å². The summed E-state index contributed by atoms with van der Waals surface area (Å²) < 4.78 is 26.6. The van der Waals surface area contributed by atoms with Gasteiger partial charge >= 0.3 is 5.69 Å². The summed E-state index contributed by atoms with van der Waals surface area (Å²) in [6, 6.07) is 1.42. The number of aliphatic hydroxyl groups excluding tert-OH is 1. The molecule has 0 saturated heterocycles. The number of aliphatic hydroxyl groups is 1. The Hall–Kier alpha value is -1.60. The van der Waals surface area contributed by atoms with Crippen molar-refractivity contribution in [2.45, 2.75) is 19.4 Å². The van der Waals surface area contributed by atoms with Crippen LogP contribution in [0.2, 0.25) is 0 Å². The molecule has 0 aromatic heterocycles. The van der Waals surface area contributed by atoms with Crippen molar-refractivity contribution < 1.29 is 18.8 Å². The zero-order valence-corrected chi connectivity index (χ0v) is 10.2. The third-order valence-electron chi connectivity index (χ3n) is 3.42. The molecule has 7 heteroatoms. The molecule has 0 heterocycles. The smallest absolute Gasteiger partial charge is 0.305 e. The van der Waals surface area contributed by atoms with Crippen LogP contribution in [0.5, 0.6) is 0 Å². The zero-order valence-electron chi connectivity index (χ0n) is 10.2. The molecular formula is C12H14F2N2O3. The lowest BCUT2D eigenvalue weighted by atomic mass is 10.1. The first-order valence-electron chi connectivity index (χ1n) is 5.91. The van der Waals surface area contributed by atoms with Crippen LogP contribution in [0.25, 0.3) is 0 Å². The molecule has 104 valence electrons. The predicted octanol–water partition coefficient (Wildman–Crippen LogP) is 1.74. The van der Waals surface area contributed by atoms with Gasteiger partial charge in [-0.1, -0.05) is 0 Å². The lowest BCUT2D eigenvalue weighted by molar-refractivity contribution is -0.387. The average molecular weight is 272 g/mol. The molecule has 1 aromatic rings. The van der Waals surface area contributed by atoms with Crippen LogP contribution >= 0.6 is 0 Å². The van der Waals surface area contributed by atoms with E-state index in [2.05, 4.69) is 5.32 Å². The maximum Gasteiger partial charge on any atom is 0.305 e. The molecule has 0 aliphatic heterocycles. The lowest BCUT2D eigenvalue weighted by Gasteiger charge is -2.13. The van der Waals surface area contributed by atoms with Gasteiger partial charge in [0.15, 0.2) is 0 Å². The Morgan fingerprint density at radius 2 is 2.05 bits per heavy atom. The molecule has 19 heavy (non-hydrogen) atoms. The van der Waals surface area contributed by atoms with E-state index >= 15 is 0 Å². The number of halogens is 2. The van der Waals surface area contributed by atoms with Crippen molar-refractivity contribution >= 4 is 5.69 Å². The maximum atomic E-state index is 13.5. The minimum atomic E-state index is -1.18. The summed E-state index contributed by atoms with van der Waals surface area (Å²) in [6.07, 6.45) is 1.81. The summed E-state index contributed by atoms with van der Waals surface area (Å²) in [7, 11) is 0. The van der Waals surface area contributed by atoms with E-state index in [0.29, 0.717) is 12.6 Å². The summed E-state index contributed by atoms with van der Waals surface area (Å²) in [5.74, 6) is -2.00. The van der Waals surface area contributed by atoms with Crippen molar-refractivity contribution in [1.29, 1.82) is 0 Å². The summed E-state index contributed by atoms with van der Waals surface area (Å²) in [5, 5.41) is 22.6. The van der Waals surface area contributed by atoms with Crippen LogP contribution in [0.1, 0.15) is 18.4 Å². The van der Waals surface area contributed by atoms with Gasteiger partial charge in [-0.25, -0.2) is 4.39 Å². The summed E-state index contributed by atoms with van der Waals surface area (Å²) >= 11 is 0. The van der Waals surface area contributed by atoms with Crippen LogP contribution in [0.15, 0.2) is 12.1 Å². The Balaban J connectivity index is 2.03. The Morgan fingerprint density at radius 1 is 1.37 bits per heavy atom. The Bertz CT molecular complexity index is 504. The van der Waals surface area contributed by atoms with Gasteiger partial charge in [-0.2, -0.15) is 4.39 Å². The first kappa shape index (κ1) is 13.8. The summed E-state index contributed by atoms with van der Waals surface area (Å²) in [6.45, 7) is 0.634. The van der Waals surface area contributed by atoms with Crippen LogP contribution in [-0.2, 0) is 6.54 Å². The molecule has 0 spiro atoms. The highest BCUT2D eigenvalue weighted by Gasteiger charge is 2.41. The van der Waals surface area contributed by atoms with Gasteiger partial charge in [0, 0.05) is 42.8 Å². The molecule has 2 rings (SSSR count). The van der Waals surface area contributed by atoms with Crippen molar-refractivity contribution in [3.05, 3.63) is 39.4 Å². The Kier molecular flexibility index (Phi) is 3.77. The third kappa shape index (κ3) is 3.05. The van der Waals surface area contributed by atoms with Crippen molar-refractivity contribution in [1.82, 2.24) is 5.32 Å². The average Bonchev–Trinajstić information content (AvgIpc) is 3.12. The highest BCUT2D eigenvalue weighted by atomic mass is 19.1. The molecule has 5 nitrogen and oxygen atoms in total. The van der Waals surface area contributed by atoms with Crippen LogP contribution in [0.4, 0.5) is 14.5 Å². The van der Waals surface area contributed by atoms with E-state index in [1.807, 2.05) is 0 Å². The number of rotatable bonds is 6. The normalized spacial score (nSPS) is 16.4. The van der Waals surface area contributed by atoms with Gasteiger partial charge in [-0.05, 0) is 12.8 Å². The van der Waals surface area contributed by atoms with Gasteiger partial charge in [0.2, 0.25) is 5.82 Å². The van der Waals surface area contributed by atoms with E-state index in [1.165, 1.54) is 0 Å². The van der Waals surface area contributed by atoms with Crippen LogP contribution < -0.4 is 5.32 Å². The molecule has 1 saturated carbocycles. The molecule has 0 amide bonds. The van der Waals surface area contributed by atoms with Gasteiger partial charge in [-0.3, -0.25) is 10.1 Å². The first-order chi connectivity index (χ1) is 8.97. The van der Waals surface area contributed by atoms with E-state index in [-0.39, 0.29) is 24.1 Å². The summed E-state index contributed by atoms with van der Waals surface area (Å²) in [5.41, 5.74) is -0.828. The number of nitrogens with one attached hydrogen (secondary N) is 1. The van der Waals surface area contributed by atoms with E-state index in [4.69, 9.17) is 5.11 Å². The van der Waals surface area contributed by atoms with Crippen molar-refractivity contribution in [2.75, 3.05) is 13.2 Å². The number of nitro groups is 1. The Labute approximate surface area is 108 Å². The van der Waals surface area contributed by atoms with Gasteiger partial charge < -0.3 is 10.4 Å². The number of nitrogens with zero attached hydrogens (tertiary/aromatic N) is 1. The monoisotopic (exact) mass is 272 g/mol. The highest BCUT2D eigenvalue weighted by molar-refractivity contribution is 5.37. The Morgan fingerprint density at radius 3 is 2.58 bits per heavy atom. The molecule has 2 N–H and O–H groups in total. The fourth-order valence-electron chi connectivity index (χ4n) is 1.89. The number of hydrogen-bond acceptors (Lipinski definition) is 4. The SMILES string of the molecule is O=[N+]([O-])c1cc(CNCC2(CO)CC2)c(F)cc1F. The van der Waals surface area contributed by atoms with Gasteiger partial charge in [0.1, 0.15) is 5.82 Å². The van der Waals surface area contributed by atoms with Crippen LogP contribution in [-0.4, -0.2) is 23.2 Å². The zero-order chi connectivity index (χ0) is 14.0. The second kappa shape index (κ2) is 5.18. The molecule has 0 bridgehead atoms. The predicted molar refractivity (Wildman–Crippen MR) is 63.5 cm³/mol. The van der Waals surface area contributed by atoms with Crippen LogP contribution in [0.3, 0.4) is 0 Å². The highest BCUT2D eigenvalue weighted by Crippen LogP contribution is 2.44. The minimum Gasteiger partial charge on any atom is -0.396 e. The fourth-order valence-corrected chi connectivity index (χ4v) is 1.89. The molecular weight excluding hydrogens is 258 g/mol. The van der Waals surface area contributed by atoms with E-state index in [0.717, 1.165) is 18.9 Å². The third-order valence-corrected chi connectivity index (χ3v) is 3.42. The molecule has 1 aromatic carbocycles. The first-order valence-corrected chi connectivity index (χ1v) is 5.91. The standard InChI is InChI=1S/C12H14F2N2O3/c13-9-4-10(14)11(16(18)19)3-8(9)5-15-6-12(7-17)1-2-12/h3-4,15,17H,1-2,5-7H2. The maximum absolute atomic E-state index is 13.5. The molecule has 0 radical (unpaired) electrons. The van der Waals surface area contributed by atoms with Crippen molar-refractivity contribution in [2.24, 2.45) is 5.41 Å². The van der Waals surface area contributed by atoms with E-state index < -0.39 is 22.2 Å². The molecule has 1 aliphatic rings. The lowest BCUT2D eigenvalue weighted by Crippen LogP contribution is -2.26. The minimum absolute atomic E-state index is 0.0434. The number of nitro benzene ring substituents is 1. The van der Waals surface area contributed by atoms with Gasteiger partial charge in [0.25, 0.3) is 0 Å². The molecule has 0 unspecified atom stereocenters. The van der Waals surface area contributed by atoms with Crippen LogP contribution in [0, 0.1) is 27.2 Å². The van der Waals surface area contributed by atoms with E-state index in [1.54, 1.807) is 0 Å². The largest absolute Gasteiger partial charge is 0.396 e. The second-order valence-electron chi connectivity index (χ2n) is 4.91. The second-order valence-corrected chi connectivity index (χ2v) is 4.91. The summed E-state index contributed by atoms with van der Waals surface area (Å²) in [4.78, 5) is 9.68. The molecule has 1 aliphatic carbocycles. The number of benzene rings is 1. The van der Waals surface area contributed by atoms with Gasteiger partial charge in [-0.15, -0.1) is 0 Å². The van der Waals surface area contributed by atoms with Crippen molar-refractivity contribution in [3.8, 4) is 0 Å².